The van der Waals surface area contributed by atoms with Crippen molar-refractivity contribution in [1.82, 2.24) is 16.0 Å². The number of fused-ring (bicyclic) bond motifs is 1. The van der Waals surface area contributed by atoms with Crippen LogP contribution in [0.1, 0.15) is 16.7 Å². The number of aliphatic hydroxyl groups excluding tert-OH is 1. The first-order valence-electron chi connectivity index (χ1n) is 10.7. The summed E-state index contributed by atoms with van der Waals surface area (Å²) in [5, 5.41) is 19.7. The van der Waals surface area contributed by atoms with Crippen LogP contribution in [0.2, 0.25) is 0 Å². The lowest BCUT2D eigenvalue weighted by atomic mass is 9.97. The summed E-state index contributed by atoms with van der Waals surface area (Å²) in [5.41, 5.74) is 3.64. The molecule has 2 heterocycles. The van der Waals surface area contributed by atoms with Crippen molar-refractivity contribution in [3.8, 4) is 5.75 Å². The predicted molar refractivity (Wildman–Crippen MR) is 125 cm³/mol. The molecule has 3 unspecified atom stereocenters. The molecule has 0 aliphatic carbocycles. The molecule has 0 aromatic heterocycles. The fourth-order valence-electron chi connectivity index (χ4n) is 3.75. The second-order valence-corrected chi connectivity index (χ2v) is 8.89. The minimum atomic E-state index is -0.796. The molecule has 4 N–H and O–H groups in total. The molecule has 1 fully saturated rings. The average Bonchev–Trinajstić information content (AvgIpc) is 3.26. The van der Waals surface area contributed by atoms with Gasteiger partial charge in [0, 0.05) is 6.54 Å². The SMILES string of the molecule is COc1cccc(CNC(=O)C2NC(=O)C3C(COCc4ccc(CO)cc4)=CSC3N2)c1. The minimum Gasteiger partial charge on any atom is -0.497 e. The zero-order chi connectivity index (χ0) is 23.2. The molecule has 2 aliphatic rings. The Balaban J connectivity index is 1.26. The molecule has 0 bridgehead atoms. The van der Waals surface area contributed by atoms with Crippen molar-refractivity contribution in [1.29, 1.82) is 0 Å². The van der Waals surface area contributed by atoms with Crippen LogP contribution in [0.3, 0.4) is 0 Å². The van der Waals surface area contributed by atoms with Gasteiger partial charge in [-0.1, -0.05) is 36.4 Å². The Morgan fingerprint density at radius 1 is 1.12 bits per heavy atom. The van der Waals surface area contributed by atoms with Gasteiger partial charge >= 0.3 is 0 Å². The molecule has 0 spiro atoms. The normalized spacial score (nSPS) is 21.7. The smallest absolute Gasteiger partial charge is 0.257 e. The lowest BCUT2D eigenvalue weighted by Crippen LogP contribution is -2.64. The molecule has 0 radical (unpaired) electrons. The molecule has 4 rings (SSSR count). The summed E-state index contributed by atoms with van der Waals surface area (Å²) >= 11 is 1.49. The van der Waals surface area contributed by atoms with Crippen molar-refractivity contribution in [2.75, 3.05) is 13.7 Å². The fourth-order valence-corrected chi connectivity index (χ4v) is 4.96. The number of carbonyl (C=O) groups excluding carboxylic acids is 2. The first kappa shape index (κ1) is 23.3. The summed E-state index contributed by atoms with van der Waals surface area (Å²) in [6, 6.07) is 15.0. The van der Waals surface area contributed by atoms with E-state index < -0.39 is 6.17 Å². The van der Waals surface area contributed by atoms with E-state index in [1.54, 1.807) is 7.11 Å². The van der Waals surface area contributed by atoms with E-state index in [0.29, 0.717) is 19.8 Å². The number of thioether (sulfide) groups is 1. The Bertz CT molecular complexity index is 1030. The van der Waals surface area contributed by atoms with E-state index >= 15 is 0 Å². The van der Waals surface area contributed by atoms with Crippen LogP contribution in [-0.2, 0) is 34.1 Å². The van der Waals surface area contributed by atoms with Gasteiger partial charge in [-0.15, -0.1) is 11.8 Å². The maximum atomic E-state index is 12.8. The van der Waals surface area contributed by atoms with Gasteiger partial charge in [-0.3, -0.25) is 14.9 Å². The zero-order valence-corrected chi connectivity index (χ0v) is 19.1. The molecule has 8 nitrogen and oxygen atoms in total. The maximum absolute atomic E-state index is 12.8. The summed E-state index contributed by atoms with van der Waals surface area (Å²) in [7, 11) is 1.59. The third-order valence-corrected chi connectivity index (χ3v) is 6.71. The van der Waals surface area contributed by atoms with Gasteiger partial charge in [0.25, 0.3) is 5.91 Å². The molecular weight excluding hydrogens is 442 g/mol. The molecule has 33 heavy (non-hydrogen) atoms. The summed E-state index contributed by atoms with van der Waals surface area (Å²) in [4.78, 5) is 25.4. The summed E-state index contributed by atoms with van der Waals surface area (Å²) in [5.74, 6) is -0.137. The number of rotatable bonds is 9. The third-order valence-electron chi connectivity index (χ3n) is 5.57. The topological polar surface area (TPSA) is 109 Å². The van der Waals surface area contributed by atoms with Gasteiger partial charge in [-0.2, -0.15) is 0 Å². The van der Waals surface area contributed by atoms with Gasteiger partial charge in [-0.25, -0.2) is 0 Å². The number of methoxy groups -OCH3 is 1. The van der Waals surface area contributed by atoms with Gasteiger partial charge in [0.2, 0.25) is 5.91 Å². The number of ether oxygens (including phenoxy) is 2. The van der Waals surface area contributed by atoms with Gasteiger partial charge in [0.1, 0.15) is 5.75 Å². The first-order chi connectivity index (χ1) is 16.1. The lowest BCUT2D eigenvalue weighted by molar-refractivity contribution is -0.134. The number of benzene rings is 2. The first-order valence-corrected chi connectivity index (χ1v) is 11.6. The Morgan fingerprint density at radius 2 is 1.91 bits per heavy atom. The van der Waals surface area contributed by atoms with E-state index in [-0.39, 0.29) is 29.7 Å². The van der Waals surface area contributed by atoms with E-state index in [1.807, 2.05) is 53.9 Å². The Hall–Kier alpha value is -2.85. The van der Waals surface area contributed by atoms with E-state index in [9.17, 15) is 9.59 Å². The number of nitrogens with one attached hydrogen (secondary N) is 3. The van der Waals surface area contributed by atoms with E-state index in [4.69, 9.17) is 14.6 Å². The summed E-state index contributed by atoms with van der Waals surface area (Å²) in [6.45, 7) is 1.09. The number of hydrogen-bond donors (Lipinski definition) is 4. The molecule has 1 saturated heterocycles. The fraction of sp³-hybridized carbons (Fsp3) is 0.333. The van der Waals surface area contributed by atoms with Gasteiger partial charge < -0.3 is 25.2 Å². The number of carbonyl (C=O) groups is 2. The second kappa shape index (κ2) is 10.8. The quantitative estimate of drug-likeness (QED) is 0.442. The predicted octanol–water partition coefficient (Wildman–Crippen LogP) is 1.64. The molecule has 174 valence electrons. The molecule has 3 atom stereocenters. The molecule has 2 aliphatic heterocycles. The van der Waals surface area contributed by atoms with E-state index in [2.05, 4.69) is 16.0 Å². The van der Waals surface area contributed by atoms with Crippen LogP contribution < -0.4 is 20.7 Å². The summed E-state index contributed by atoms with van der Waals surface area (Å²) < 4.78 is 11.0. The minimum absolute atomic E-state index is 0.0104. The highest BCUT2D eigenvalue weighted by molar-refractivity contribution is 8.03. The standard InChI is InChI=1S/C24H27N3O5S/c1-31-19-4-2-3-17(9-19)10-25-23(30)21-26-22(29)20-18(14-33-24(20)27-21)13-32-12-16-7-5-15(11-28)6-8-16/h2-9,14,20-21,24,27-28H,10-13H2,1H3,(H,25,30)(H,26,29). The zero-order valence-electron chi connectivity index (χ0n) is 18.2. The summed E-state index contributed by atoms with van der Waals surface area (Å²) in [6.07, 6.45) is -0.796. The van der Waals surface area contributed by atoms with Crippen molar-refractivity contribution >= 4 is 23.6 Å². The van der Waals surface area contributed by atoms with Crippen LogP contribution in [0.25, 0.3) is 0 Å². The number of amides is 2. The Morgan fingerprint density at radius 3 is 2.67 bits per heavy atom. The van der Waals surface area contributed by atoms with Gasteiger partial charge in [-0.05, 0) is 39.8 Å². The van der Waals surface area contributed by atoms with Crippen LogP contribution in [0, 0.1) is 5.92 Å². The van der Waals surface area contributed by atoms with E-state index in [0.717, 1.165) is 28.0 Å². The molecule has 2 aromatic carbocycles. The molecule has 9 heteroatoms. The van der Waals surface area contributed by atoms with Crippen LogP contribution in [0.15, 0.2) is 59.5 Å². The molecule has 2 aromatic rings. The number of aliphatic hydroxyl groups is 1. The second-order valence-electron chi connectivity index (χ2n) is 7.87. The molecule has 0 saturated carbocycles. The maximum Gasteiger partial charge on any atom is 0.257 e. The van der Waals surface area contributed by atoms with Crippen molar-refractivity contribution in [2.45, 2.75) is 31.3 Å². The highest BCUT2D eigenvalue weighted by Gasteiger charge is 2.43. The lowest BCUT2D eigenvalue weighted by Gasteiger charge is -2.33. The van der Waals surface area contributed by atoms with Crippen LogP contribution in [0.4, 0.5) is 0 Å². The van der Waals surface area contributed by atoms with Crippen molar-refractivity contribution < 1.29 is 24.2 Å². The largest absolute Gasteiger partial charge is 0.497 e. The Labute approximate surface area is 196 Å². The third kappa shape index (κ3) is 5.75. The number of hydrogen-bond acceptors (Lipinski definition) is 7. The molecular formula is C24H27N3O5S. The van der Waals surface area contributed by atoms with Crippen LogP contribution in [-0.4, -0.2) is 42.2 Å². The van der Waals surface area contributed by atoms with E-state index in [1.165, 1.54) is 11.8 Å². The van der Waals surface area contributed by atoms with Crippen molar-refractivity contribution in [3.05, 3.63) is 76.2 Å². The van der Waals surface area contributed by atoms with Crippen LogP contribution >= 0.6 is 11.8 Å². The van der Waals surface area contributed by atoms with Crippen molar-refractivity contribution in [2.24, 2.45) is 5.92 Å². The monoisotopic (exact) mass is 469 g/mol. The highest BCUT2D eigenvalue weighted by Crippen LogP contribution is 2.36. The highest BCUT2D eigenvalue weighted by atomic mass is 32.2. The van der Waals surface area contributed by atoms with Crippen molar-refractivity contribution in [3.63, 3.8) is 0 Å². The van der Waals surface area contributed by atoms with Crippen LogP contribution in [0.5, 0.6) is 5.75 Å². The van der Waals surface area contributed by atoms with Gasteiger partial charge in [0.05, 0.1) is 38.2 Å². The average molecular weight is 470 g/mol. The molecule has 2 amide bonds. The van der Waals surface area contributed by atoms with Gasteiger partial charge in [0.15, 0.2) is 6.17 Å². The Kier molecular flexibility index (Phi) is 7.66.